The minimum atomic E-state index is -1.12. The fraction of sp³-hybridized carbons (Fsp3) is 0.357. The molecule has 3 rings (SSSR count). The zero-order valence-corrected chi connectivity index (χ0v) is 11.0. The molecule has 0 aromatic heterocycles. The molecule has 6 nitrogen and oxygen atoms in total. The van der Waals surface area contributed by atoms with E-state index in [0.29, 0.717) is 17.5 Å². The molecule has 108 valence electrons. The average Bonchev–Trinajstić information content (AvgIpc) is 2.75. The number of halogens is 1. The van der Waals surface area contributed by atoms with Crippen LogP contribution in [0.5, 0.6) is 0 Å². The number of carbonyl (C=O) groups excluding carboxylic acids is 2. The Bertz CT molecular complexity index is 683. The lowest BCUT2D eigenvalue weighted by Gasteiger charge is -2.31. The Morgan fingerprint density at radius 2 is 2.19 bits per heavy atom. The molecule has 0 spiro atoms. The van der Waals surface area contributed by atoms with Gasteiger partial charge in [0.25, 0.3) is 0 Å². The smallest absolute Gasteiger partial charge is 0.244 e. The van der Waals surface area contributed by atoms with Gasteiger partial charge >= 0.3 is 0 Å². The lowest BCUT2D eigenvalue weighted by molar-refractivity contribution is -0.141. The second kappa shape index (κ2) is 4.91. The first-order valence-corrected chi connectivity index (χ1v) is 6.51. The van der Waals surface area contributed by atoms with Crippen molar-refractivity contribution in [2.24, 2.45) is 0 Å². The molecule has 2 atom stereocenters. The number of nitrogens with zero attached hydrogens (tertiary/aromatic N) is 2. The van der Waals surface area contributed by atoms with E-state index < -0.39 is 24.0 Å². The van der Waals surface area contributed by atoms with Gasteiger partial charge in [-0.15, -0.1) is 0 Å². The Morgan fingerprint density at radius 3 is 2.86 bits per heavy atom. The average molecular weight is 289 g/mol. The Hall–Kier alpha value is -2.30. The molecular formula is C14H12FN3O3. The predicted octanol–water partition coefficient (Wildman–Crippen LogP) is 0.309. The van der Waals surface area contributed by atoms with E-state index in [1.165, 1.54) is 11.0 Å². The van der Waals surface area contributed by atoms with Crippen LogP contribution in [0.4, 0.5) is 4.39 Å². The van der Waals surface area contributed by atoms with E-state index in [9.17, 15) is 19.1 Å². The molecule has 0 aliphatic carbocycles. The van der Waals surface area contributed by atoms with Gasteiger partial charge in [0, 0.05) is 18.5 Å². The van der Waals surface area contributed by atoms with Crippen LogP contribution in [0.3, 0.4) is 0 Å². The van der Waals surface area contributed by atoms with Crippen molar-refractivity contribution in [3.63, 3.8) is 0 Å². The van der Waals surface area contributed by atoms with Crippen LogP contribution in [-0.4, -0.2) is 27.9 Å². The highest BCUT2D eigenvalue weighted by molar-refractivity contribution is 6.00. The highest BCUT2D eigenvalue weighted by Crippen LogP contribution is 2.36. The minimum Gasteiger partial charge on any atom is -0.374 e. The summed E-state index contributed by atoms with van der Waals surface area (Å²) < 4.78 is 13.6. The van der Waals surface area contributed by atoms with E-state index in [1.807, 2.05) is 0 Å². The van der Waals surface area contributed by atoms with Crippen LogP contribution in [0.2, 0.25) is 0 Å². The van der Waals surface area contributed by atoms with Gasteiger partial charge in [-0.05, 0) is 24.1 Å². The van der Waals surface area contributed by atoms with E-state index in [-0.39, 0.29) is 24.4 Å². The largest absolute Gasteiger partial charge is 0.374 e. The van der Waals surface area contributed by atoms with Gasteiger partial charge < -0.3 is 5.11 Å². The summed E-state index contributed by atoms with van der Waals surface area (Å²) in [7, 11) is 0. The van der Waals surface area contributed by atoms with E-state index >= 15 is 0 Å². The fourth-order valence-corrected chi connectivity index (χ4v) is 2.84. The molecule has 7 heteroatoms. The number of nitriles is 1. The summed E-state index contributed by atoms with van der Waals surface area (Å²) in [5.41, 5.74) is 0.882. The summed E-state index contributed by atoms with van der Waals surface area (Å²) in [6.07, 6.45) is -0.608. The van der Waals surface area contributed by atoms with Crippen molar-refractivity contribution < 1.29 is 19.1 Å². The molecule has 2 heterocycles. The molecule has 21 heavy (non-hydrogen) atoms. The lowest BCUT2D eigenvalue weighted by Crippen LogP contribution is -2.51. The number of aliphatic hydroxyl groups is 1. The number of benzene rings is 1. The number of amides is 2. The Morgan fingerprint density at radius 1 is 1.43 bits per heavy atom. The van der Waals surface area contributed by atoms with Gasteiger partial charge in [-0.2, -0.15) is 5.26 Å². The van der Waals surface area contributed by atoms with Gasteiger partial charge in [-0.3, -0.25) is 19.8 Å². The van der Waals surface area contributed by atoms with Crippen LogP contribution in [0.15, 0.2) is 12.1 Å². The standard InChI is InChI=1S/C14H12FN3O3/c15-10-4-9-8(3-7(10)5-16)6-18(14(9)21)11-1-2-12(19)17-13(11)20/h3-4,11,14,21H,1-2,6H2,(H,17,19,20). The van der Waals surface area contributed by atoms with Gasteiger partial charge in [0.2, 0.25) is 11.8 Å². The van der Waals surface area contributed by atoms with Gasteiger partial charge in [-0.1, -0.05) is 0 Å². The normalized spacial score (nSPS) is 25.4. The van der Waals surface area contributed by atoms with Crippen molar-refractivity contribution in [1.29, 1.82) is 5.26 Å². The summed E-state index contributed by atoms with van der Waals surface area (Å²) in [6, 6.07) is 3.63. The van der Waals surface area contributed by atoms with Crippen LogP contribution < -0.4 is 5.32 Å². The Labute approximate surface area is 119 Å². The molecular weight excluding hydrogens is 277 g/mol. The molecule has 2 aliphatic rings. The number of hydrogen-bond donors (Lipinski definition) is 2. The van der Waals surface area contributed by atoms with Crippen LogP contribution in [0.1, 0.15) is 35.8 Å². The van der Waals surface area contributed by atoms with Crippen molar-refractivity contribution >= 4 is 11.8 Å². The van der Waals surface area contributed by atoms with Gasteiger partial charge in [0.1, 0.15) is 18.1 Å². The SMILES string of the molecule is N#Cc1cc2c(cc1F)C(O)N(C1CCC(=O)NC1=O)C2. The molecule has 1 aromatic carbocycles. The quantitative estimate of drug-likeness (QED) is 0.726. The summed E-state index contributed by atoms with van der Waals surface area (Å²) in [5.74, 6) is -1.49. The number of rotatable bonds is 1. The first kappa shape index (κ1) is 13.7. The zero-order chi connectivity index (χ0) is 15.1. The molecule has 1 saturated heterocycles. The number of imide groups is 1. The monoisotopic (exact) mass is 289 g/mol. The summed E-state index contributed by atoms with van der Waals surface area (Å²) in [5, 5.41) is 21.3. The number of hydrogen-bond acceptors (Lipinski definition) is 5. The minimum absolute atomic E-state index is 0.0916. The van der Waals surface area contributed by atoms with Crippen molar-refractivity contribution in [2.45, 2.75) is 31.7 Å². The first-order chi connectivity index (χ1) is 10.0. The summed E-state index contributed by atoms with van der Waals surface area (Å²) in [6.45, 7) is 0.234. The number of nitrogens with one attached hydrogen (secondary N) is 1. The zero-order valence-electron chi connectivity index (χ0n) is 11.0. The third-order valence-corrected chi connectivity index (χ3v) is 3.91. The van der Waals surface area contributed by atoms with Gasteiger partial charge in [-0.25, -0.2) is 4.39 Å². The molecule has 2 amide bonds. The topological polar surface area (TPSA) is 93.4 Å². The van der Waals surface area contributed by atoms with Crippen molar-refractivity contribution in [3.05, 3.63) is 34.6 Å². The third-order valence-electron chi connectivity index (χ3n) is 3.91. The second-order valence-corrected chi connectivity index (χ2v) is 5.16. The Kier molecular flexibility index (Phi) is 3.20. The molecule has 0 radical (unpaired) electrons. The molecule has 1 fully saturated rings. The van der Waals surface area contributed by atoms with Gasteiger partial charge in [0.05, 0.1) is 11.6 Å². The number of fused-ring (bicyclic) bond motifs is 1. The predicted molar refractivity (Wildman–Crippen MR) is 67.8 cm³/mol. The van der Waals surface area contributed by atoms with Crippen molar-refractivity contribution in [2.75, 3.05) is 0 Å². The maximum Gasteiger partial charge on any atom is 0.244 e. The van der Waals surface area contributed by atoms with E-state index in [1.54, 1.807) is 6.07 Å². The molecule has 0 saturated carbocycles. The van der Waals surface area contributed by atoms with E-state index in [2.05, 4.69) is 5.32 Å². The molecule has 0 bridgehead atoms. The molecule has 2 N–H and O–H groups in total. The number of aliphatic hydroxyl groups excluding tert-OH is 1. The van der Waals surface area contributed by atoms with Crippen LogP contribution in [0.25, 0.3) is 0 Å². The maximum absolute atomic E-state index is 13.6. The summed E-state index contributed by atoms with van der Waals surface area (Å²) >= 11 is 0. The van der Waals surface area contributed by atoms with E-state index in [4.69, 9.17) is 5.26 Å². The van der Waals surface area contributed by atoms with Crippen LogP contribution in [-0.2, 0) is 16.1 Å². The third kappa shape index (κ3) is 2.18. The molecule has 1 aromatic rings. The highest BCUT2D eigenvalue weighted by atomic mass is 19.1. The van der Waals surface area contributed by atoms with Crippen molar-refractivity contribution in [1.82, 2.24) is 10.2 Å². The van der Waals surface area contributed by atoms with Crippen LogP contribution >= 0.6 is 0 Å². The summed E-state index contributed by atoms with van der Waals surface area (Å²) in [4.78, 5) is 24.5. The molecule has 2 aliphatic heterocycles. The molecule has 2 unspecified atom stereocenters. The maximum atomic E-state index is 13.6. The Balaban J connectivity index is 1.90. The lowest BCUT2D eigenvalue weighted by atomic mass is 10.0. The first-order valence-electron chi connectivity index (χ1n) is 6.51. The van der Waals surface area contributed by atoms with Crippen LogP contribution in [0, 0.1) is 17.1 Å². The number of piperidine rings is 1. The van der Waals surface area contributed by atoms with E-state index in [0.717, 1.165) is 6.07 Å². The van der Waals surface area contributed by atoms with Crippen molar-refractivity contribution in [3.8, 4) is 6.07 Å². The fourth-order valence-electron chi connectivity index (χ4n) is 2.84. The number of carbonyl (C=O) groups is 2. The second-order valence-electron chi connectivity index (χ2n) is 5.16. The highest BCUT2D eigenvalue weighted by Gasteiger charge is 2.40. The van der Waals surface area contributed by atoms with Gasteiger partial charge in [0.15, 0.2) is 0 Å².